The number of nitrogen functional groups attached to an aromatic ring is 1. The van der Waals surface area contributed by atoms with Crippen LogP contribution in [0.2, 0.25) is 0 Å². The molecule has 1 unspecified atom stereocenters. The maximum absolute atomic E-state index is 12.5. The van der Waals surface area contributed by atoms with Crippen molar-refractivity contribution >= 4 is 17.1 Å². The Morgan fingerprint density at radius 2 is 2.36 bits per heavy atom. The number of hydrogen-bond donors (Lipinski definition) is 3. The van der Waals surface area contributed by atoms with Crippen LogP contribution in [0.5, 0.6) is 0 Å². The minimum absolute atomic E-state index is 0.0829. The van der Waals surface area contributed by atoms with Crippen molar-refractivity contribution in [2.75, 3.05) is 18.9 Å². The van der Waals surface area contributed by atoms with E-state index in [4.69, 9.17) is 15.6 Å². The van der Waals surface area contributed by atoms with Gasteiger partial charge in [0, 0.05) is 6.42 Å². The number of aliphatic hydroxyl groups is 1. The lowest BCUT2D eigenvalue weighted by atomic mass is 9.94. The van der Waals surface area contributed by atoms with Crippen LogP contribution in [-0.4, -0.2) is 43.4 Å². The Kier molecular flexibility index (Phi) is 3.78. The van der Waals surface area contributed by atoms with E-state index in [9.17, 15) is 4.79 Å². The summed E-state index contributed by atoms with van der Waals surface area (Å²) in [6.07, 6.45) is 9.56. The number of ether oxygens (including phenoxy) is 1. The lowest BCUT2D eigenvalue weighted by Crippen LogP contribution is -2.41. The molecule has 8 nitrogen and oxygen atoms in total. The van der Waals surface area contributed by atoms with Gasteiger partial charge in [-0.3, -0.25) is 9.36 Å². The van der Waals surface area contributed by atoms with Crippen molar-refractivity contribution in [2.24, 2.45) is 0 Å². The van der Waals surface area contributed by atoms with E-state index < -0.39 is 5.60 Å². The summed E-state index contributed by atoms with van der Waals surface area (Å²) in [5.74, 6) is 0.0829. The summed E-state index contributed by atoms with van der Waals surface area (Å²) in [6, 6.07) is 0. The quantitative estimate of drug-likeness (QED) is 0.713. The Balaban J connectivity index is 2.01. The molecule has 8 heteroatoms. The molecule has 0 saturated heterocycles. The summed E-state index contributed by atoms with van der Waals surface area (Å²) in [7, 11) is 0. The first-order valence-electron chi connectivity index (χ1n) is 6.94. The maximum atomic E-state index is 12.5. The van der Waals surface area contributed by atoms with E-state index in [0.29, 0.717) is 17.6 Å². The summed E-state index contributed by atoms with van der Waals surface area (Å²) in [6.45, 7) is 0.286. The summed E-state index contributed by atoms with van der Waals surface area (Å²) < 4.78 is 7.13. The number of imidazole rings is 1. The third-order valence-corrected chi connectivity index (χ3v) is 3.59. The van der Waals surface area contributed by atoms with Crippen LogP contribution in [0, 0.1) is 0 Å². The Morgan fingerprint density at radius 1 is 1.50 bits per heavy atom. The molecule has 1 aliphatic carbocycles. The lowest BCUT2D eigenvalue weighted by Gasteiger charge is -2.32. The molecule has 2 aromatic rings. The van der Waals surface area contributed by atoms with Gasteiger partial charge in [0.25, 0.3) is 5.56 Å². The molecule has 1 aliphatic rings. The molecular formula is C14H17N5O3. The molecule has 0 fully saturated rings. The van der Waals surface area contributed by atoms with Gasteiger partial charge in [-0.1, -0.05) is 24.3 Å². The topological polar surface area (TPSA) is 119 Å². The van der Waals surface area contributed by atoms with Crippen molar-refractivity contribution in [3.8, 4) is 0 Å². The van der Waals surface area contributed by atoms with E-state index in [2.05, 4.69) is 15.0 Å². The first kappa shape index (κ1) is 14.5. The van der Waals surface area contributed by atoms with E-state index >= 15 is 0 Å². The monoisotopic (exact) mass is 303 g/mol. The Labute approximate surface area is 125 Å². The third-order valence-electron chi connectivity index (χ3n) is 3.59. The molecule has 22 heavy (non-hydrogen) atoms. The van der Waals surface area contributed by atoms with Crippen LogP contribution in [0.4, 0.5) is 5.95 Å². The van der Waals surface area contributed by atoms with Crippen LogP contribution in [0.3, 0.4) is 0 Å². The van der Waals surface area contributed by atoms with Crippen LogP contribution in [0.25, 0.3) is 11.2 Å². The molecular weight excluding hydrogens is 286 g/mol. The zero-order valence-electron chi connectivity index (χ0n) is 11.9. The van der Waals surface area contributed by atoms with E-state index in [0.717, 1.165) is 0 Å². The summed E-state index contributed by atoms with van der Waals surface area (Å²) in [5, 5.41) is 9.01. The minimum atomic E-state index is -0.731. The zero-order chi connectivity index (χ0) is 15.6. The van der Waals surface area contributed by atoms with Crippen LogP contribution >= 0.6 is 0 Å². The second-order valence-electron chi connectivity index (χ2n) is 5.09. The minimum Gasteiger partial charge on any atom is -0.394 e. The second kappa shape index (κ2) is 5.74. The van der Waals surface area contributed by atoms with Gasteiger partial charge in [-0.2, -0.15) is 4.98 Å². The number of nitrogens with one attached hydrogen (secondary N) is 1. The number of fused-ring (bicyclic) bond motifs is 1. The van der Waals surface area contributed by atoms with Gasteiger partial charge in [0.15, 0.2) is 11.2 Å². The van der Waals surface area contributed by atoms with Crippen molar-refractivity contribution in [3.63, 3.8) is 0 Å². The first-order chi connectivity index (χ1) is 10.7. The highest BCUT2D eigenvalue weighted by Gasteiger charge is 2.30. The van der Waals surface area contributed by atoms with Crippen LogP contribution in [-0.2, 0) is 11.3 Å². The molecule has 2 heterocycles. The number of aromatic amines is 1. The summed E-state index contributed by atoms with van der Waals surface area (Å²) in [5.41, 5.74) is 5.48. The molecule has 4 N–H and O–H groups in total. The normalized spacial score (nSPS) is 20.8. The van der Waals surface area contributed by atoms with E-state index in [1.165, 1.54) is 10.9 Å². The first-order valence-corrected chi connectivity index (χ1v) is 6.94. The average molecular weight is 303 g/mol. The largest absolute Gasteiger partial charge is 0.394 e. The van der Waals surface area contributed by atoms with Crippen molar-refractivity contribution < 1.29 is 9.84 Å². The fourth-order valence-corrected chi connectivity index (χ4v) is 2.52. The number of rotatable bonds is 5. The maximum Gasteiger partial charge on any atom is 0.281 e. The number of nitrogens with zero attached hydrogens (tertiary/aromatic N) is 3. The smallest absolute Gasteiger partial charge is 0.281 e. The van der Waals surface area contributed by atoms with Gasteiger partial charge in [-0.25, -0.2) is 4.98 Å². The number of hydrogen-bond acceptors (Lipinski definition) is 6. The van der Waals surface area contributed by atoms with Crippen LogP contribution in [0.15, 0.2) is 35.4 Å². The number of aromatic nitrogens is 4. The van der Waals surface area contributed by atoms with Crippen LogP contribution < -0.4 is 11.3 Å². The fraction of sp³-hybridized carbons (Fsp3) is 0.357. The average Bonchev–Trinajstić information content (AvgIpc) is 2.99. The number of anilines is 1. The fourth-order valence-electron chi connectivity index (χ4n) is 2.52. The van der Waals surface area contributed by atoms with Crippen molar-refractivity contribution in [1.29, 1.82) is 0 Å². The van der Waals surface area contributed by atoms with Gasteiger partial charge in [0.05, 0.1) is 26.1 Å². The molecule has 0 amide bonds. The standard InChI is InChI=1S/C14H17N5O3/c15-13-18-11-10(16-9-17-11)12(21)19(13)8-14(22-7-6-20)4-2-1-3-5-14/h1-4,9,20H,5-8H2,(H2,15,18)(H,16,17). The number of H-pyrrole nitrogens is 1. The van der Waals surface area contributed by atoms with Gasteiger partial charge >= 0.3 is 0 Å². The van der Waals surface area contributed by atoms with Crippen LogP contribution in [0.1, 0.15) is 6.42 Å². The Hall–Kier alpha value is -2.45. The van der Waals surface area contributed by atoms with E-state index in [1.54, 1.807) is 0 Å². The van der Waals surface area contributed by atoms with Crippen molar-refractivity contribution in [2.45, 2.75) is 18.6 Å². The van der Waals surface area contributed by atoms with Crippen molar-refractivity contribution in [1.82, 2.24) is 19.5 Å². The highest BCUT2D eigenvalue weighted by molar-refractivity contribution is 5.69. The van der Waals surface area contributed by atoms with Gasteiger partial charge in [0.1, 0.15) is 5.60 Å². The van der Waals surface area contributed by atoms with Gasteiger partial charge in [-0.15, -0.1) is 0 Å². The molecule has 1 atom stereocenters. The summed E-state index contributed by atoms with van der Waals surface area (Å²) >= 11 is 0. The second-order valence-corrected chi connectivity index (χ2v) is 5.09. The van der Waals surface area contributed by atoms with E-state index in [1.807, 2.05) is 24.3 Å². The molecule has 0 spiro atoms. The number of allylic oxidation sites excluding steroid dienone is 2. The predicted octanol–water partition coefficient (Wildman–Crippen LogP) is -0.0344. The molecule has 0 saturated carbocycles. The molecule has 116 valence electrons. The Bertz CT molecular complexity index is 791. The molecule has 0 aliphatic heterocycles. The Morgan fingerprint density at radius 3 is 3.09 bits per heavy atom. The molecule has 2 aromatic heterocycles. The summed E-state index contributed by atoms with van der Waals surface area (Å²) in [4.78, 5) is 23.4. The highest BCUT2D eigenvalue weighted by atomic mass is 16.5. The van der Waals surface area contributed by atoms with E-state index in [-0.39, 0.29) is 31.3 Å². The molecule has 0 radical (unpaired) electrons. The zero-order valence-corrected chi connectivity index (χ0v) is 11.9. The molecule has 3 rings (SSSR count). The SMILES string of the molecule is Nc1nc2nc[nH]c2c(=O)n1CC1(OCCO)C=CC=CC1. The predicted molar refractivity (Wildman–Crippen MR) is 81.2 cm³/mol. The number of aliphatic hydroxyl groups excluding tert-OH is 1. The van der Waals surface area contributed by atoms with Gasteiger partial charge < -0.3 is 20.6 Å². The third kappa shape index (κ3) is 2.53. The molecule has 0 bridgehead atoms. The van der Waals surface area contributed by atoms with Gasteiger partial charge in [0.2, 0.25) is 5.95 Å². The highest BCUT2D eigenvalue weighted by Crippen LogP contribution is 2.25. The molecule has 0 aromatic carbocycles. The lowest BCUT2D eigenvalue weighted by molar-refractivity contribution is -0.0343. The van der Waals surface area contributed by atoms with Gasteiger partial charge in [-0.05, 0) is 0 Å². The van der Waals surface area contributed by atoms with Crippen molar-refractivity contribution in [3.05, 3.63) is 41.0 Å². The number of nitrogens with two attached hydrogens (primary N) is 1.